The third kappa shape index (κ3) is 5.96. The van der Waals surface area contributed by atoms with Gasteiger partial charge < -0.3 is 10.2 Å². The summed E-state index contributed by atoms with van der Waals surface area (Å²) < 4.78 is 0. The molecule has 0 unspecified atom stereocenters. The van der Waals surface area contributed by atoms with Gasteiger partial charge in [-0.05, 0) is 62.2 Å². The molecule has 0 aromatic heterocycles. The van der Waals surface area contributed by atoms with Crippen LogP contribution in [0.2, 0.25) is 0 Å². The lowest BCUT2D eigenvalue weighted by molar-refractivity contribution is 0.330. The fraction of sp³-hybridized carbons (Fsp3) is 0.524. The van der Waals surface area contributed by atoms with Crippen LogP contribution in [0.15, 0.2) is 58.2 Å². The van der Waals surface area contributed by atoms with Crippen LogP contribution in [-0.4, -0.2) is 23.4 Å². The molecule has 0 fully saturated rings. The van der Waals surface area contributed by atoms with Gasteiger partial charge in [0, 0.05) is 0 Å². The van der Waals surface area contributed by atoms with Crippen LogP contribution in [0.25, 0.3) is 0 Å². The van der Waals surface area contributed by atoms with Crippen molar-refractivity contribution in [3.05, 3.63) is 58.2 Å². The van der Waals surface area contributed by atoms with Crippen LogP contribution in [0.1, 0.15) is 53.9 Å². The van der Waals surface area contributed by atoms with Gasteiger partial charge >= 0.3 is 0 Å². The molecule has 2 nitrogen and oxygen atoms in total. The molecule has 0 radical (unpaired) electrons. The smallest absolute Gasteiger partial charge is 0.0684 e. The zero-order valence-electron chi connectivity index (χ0n) is 15.3. The summed E-state index contributed by atoms with van der Waals surface area (Å²) in [6, 6.07) is 0. The van der Waals surface area contributed by atoms with Crippen LogP contribution < -0.4 is 0 Å². The molecule has 2 heteroatoms. The zero-order chi connectivity index (χ0) is 17.5. The van der Waals surface area contributed by atoms with Crippen LogP contribution in [-0.2, 0) is 0 Å². The molecule has 1 aliphatic rings. The third-order valence-electron chi connectivity index (χ3n) is 4.68. The summed E-state index contributed by atoms with van der Waals surface area (Å²) in [5, 5.41) is 18.4. The van der Waals surface area contributed by atoms with Gasteiger partial charge in [0.2, 0.25) is 0 Å². The van der Waals surface area contributed by atoms with Crippen molar-refractivity contribution in [3.8, 4) is 0 Å². The van der Waals surface area contributed by atoms with E-state index in [9.17, 15) is 5.11 Å². The second-order valence-electron chi connectivity index (χ2n) is 7.10. The maximum atomic E-state index is 9.43. The Balaban J connectivity index is 2.93. The van der Waals surface area contributed by atoms with Crippen molar-refractivity contribution in [3.63, 3.8) is 0 Å². The van der Waals surface area contributed by atoms with E-state index in [0.29, 0.717) is 0 Å². The molecule has 1 aliphatic carbocycles. The Kier molecular flexibility index (Phi) is 7.74. The number of allylic oxidation sites excluding steroid dienone is 7. The molecular weight excluding hydrogens is 284 g/mol. The third-order valence-corrected chi connectivity index (χ3v) is 4.68. The second-order valence-corrected chi connectivity index (χ2v) is 7.10. The minimum atomic E-state index is -0.0207. The first-order valence-electron chi connectivity index (χ1n) is 8.46. The Bertz CT molecular complexity index is 554. The Labute approximate surface area is 141 Å². The van der Waals surface area contributed by atoms with Crippen molar-refractivity contribution in [1.82, 2.24) is 0 Å². The Hall–Kier alpha value is -1.38. The highest BCUT2D eigenvalue weighted by molar-refractivity contribution is 5.38. The molecule has 0 aliphatic heterocycles. The fourth-order valence-electron chi connectivity index (χ4n) is 3.09. The molecule has 0 aromatic rings. The first kappa shape index (κ1) is 19.7. The van der Waals surface area contributed by atoms with E-state index in [-0.39, 0.29) is 18.6 Å². The van der Waals surface area contributed by atoms with Crippen LogP contribution in [0.5, 0.6) is 0 Å². The maximum Gasteiger partial charge on any atom is 0.0684 e. The van der Waals surface area contributed by atoms with Crippen LogP contribution in [0.3, 0.4) is 0 Å². The average molecular weight is 316 g/mol. The van der Waals surface area contributed by atoms with E-state index in [0.717, 1.165) is 16.7 Å². The van der Waals surface area contributed by atoms with Gasteiger partial charge in [0.05, 0.1) is 13.2 Å². The van der Waals surface area contributed by atoms with E-state index in [2.05, 4.69) is 39.8 Å². The molecule has 0 spiro atoms. The summed E-state index contributed by atoms with van der Waals surface area (Å²) in [6.45, 7) is 10.8. The van der Waals surface area contributed by atoms with Crippen molar-refractivity contribution in [2.75, 3.05) is 13.2 Å². The van der Waals surface area contributed by atoms with E-state index in [1.54, 1.807) is 6.08 Å². The Morgan fingerprint density at radius 3 is 2.43 bits per heavy atom. The van der Waals surface area contributed by atoms with Gasteiger partial charge in [-0.25, -0.2) is 0 Å². The molecule has 0 aromatic carbocycles. The number of aliphatic hydroxyl groups excluding tert-OH is 2. The molecule has 0 amide bonds. The molecule has 0 saturated carbocycles. The SMILES string of the molecule is CC1=C(/C=C/C(C)=C/C=C(CO)\C(C)=C/CO)C(C)(C)CCC1. The fourth-order valence-corrected chi connectivity index (χ4v) is 3.09. The summed E-state index contributed by atoms with van der Waals surface area (Å²) in [5.74, 6) is 0. The molecule has 128 valence electrons. The molecule has 0 bridgehead atoms. The first-order chi connectivity index (χ1) is 10.8. The molecule has 1 rings (SSSR count). The van der Waals surface area contributed by atoms with E-state index < -0.39 is 0 Å². The number of hydrogen-bond donors (Lipinski definition) is 2. The normalized spacial score (nSPS) is 20.6. The summed E-state index contributed by atoms with van der Waals surface area (Å²) in [6.07, 6.45) is 13.8. The predicted molar refractivity (Wildman–Crippen MR) is 99.2 cm³/mol. The van der Waals surface area contributed by atoms with Gasteiger partial charge in [-0.2, -0.15) is 0 Å². The van der Waals surface area contributed by atoms with Crippen molar-refractivity contribution in [2.24, 2.45) is 5.41 Å². The van der Waals surface area contributed by atoms with Gasteiger partial charge in [-0.1, -0.05) is 55.4 Å². The van der Waals surface area contributed by atoms with Crippen molar-refractivity contribution < 1.29 is 10.2 Å². The molecular formula is C21H32O2. The Morgan fingerprint density at radius 1 is 1.17 bits per heavy atom. The topological polar surface area (TPSA) is 40.5 Å². The number of aliphatic hydroxyl groups is 2. The highest BCUT2D eigenvalue weighted by Gasteiger charge is 2.26. The van der Waals surface area contributed by atoms with Crippen LogP contribution >= 0.6 is 0 Å². The maximum absolute atomic E-state index is 9.43. The Morgan fingerprint density at radius 2 is 1.87 bits per heavy atom. The van der Waals surface area contributed by atoms with E-state index >= 15 is 0 Å². The lowest BCUT2D eigenvalue weighted by Crippen LogP contribution is -2.19. The standard InChI is InChI=1S/C21H32O2/c1-16(8-10-19(15-23)17(2)12-14-22)9-11-20-18(3)7-6-13-21(20,4)5/h8-12,22-23H,6-7,13-15H2,1-5H3/b11-9+,16-8+,17-12-,19-10-. The molecule has 2 N–H and O–H groups in total. The number of rotatable bonds is 6. The van der Waals surface area contributed by atoms with Gasteiger partial charge in [-0.15, -0.1) is 0 Å². The van der Waals surface area contributed by atoms with Crippen LogP contribution in [0, 0.1) is 5.41 Å². The molecule has 0 saturated heterocycles. The monoisotopic (exact) mass is 316 g/mol. The predicted octanol–water partition coefficient (Wildman–Crippen LogP) is 4.87. The van der Waals surface area contributed by atoms with Gasteiger partial charge in [0.1, 0.15) is 0 Å². The molecule has 0 atom stereocenters. The first-order valence-corrected chi connectivity index (χ1v) is 8.46. The van der Waals surface area contributed by atoms with E-state index in [1.165, 1.54) is 30.4 Å². The lowest BCUT2D eigenvalue weighted by atomic mass is 9.72. The van der Waals surface area contributed by atoms with Crippen LogP contribution in [0.4, 0.5) is 0 Å². The molecule has 23 heavy (non-hydrogen) atoms. The minimum Gasteiger partial charge on any atom is -0.392 e. The molecule has 0 heterocycles. The quantitative estimate of drug-likeness (QED) is 0.686. The minimum absolute atomic E-state index is 0.00567. The second kappa shape index (κ2) is 9.05. The van der Waals surface area contributed by atoms with Gasteiger partial charge in [0.15, 0.2) is 0 Å². The number of hydrogen-bond acceptors (Lipinski definition) is 2. The largest absolute Gasteiger partial charge is 0.392 e. The highest BCUT2D eigenvalue weighted by Crippen LogP contribution is 2.40. The van der Waals surface area contributed by atoms with E-state index in [4.69, 9.17) is 5.11 Å². The van der Waals surface area contributed by atoms with E-state index in [1.807, 2.05) is 19.1 Å². The summed E-state index contributed by atoms with van der Waals surface area (Å²) >= 11 is 0. The van der Waals surface area contributed by atoms with Crippen molar-refractivity contribution in [2.45, 2.75) is 53.9 Å². The van der Waals surface area contributed by atoms with Crippen molar-refractivity contribution >= 4 is 0 Å². The highest BCUT2D eigenvalue weighted by atomic mass is 16.3. The summed E-state index contributed by atoms with van der Waals surface area (Å²) in [4.78, 5) is 0. The van der Waals surface area contributed by atoms with Gasteiger partial charge in [0.25, 0.3) is 0 Å². The lowest BCUT2D eigenvalue weighted by Gasteiger charge is -2.32. The summed E-state index contributed by atoms with van der Waals surface area (Å²) in [5.41, 5.74) is 6.11. The zero-order valence-corrected chi connectivity index (χ0v) is 15.3. The average Bonchev–Trinajstić information content (AvgIpc) is 2.47. The summed E-state index contributed by atoms with van der Waals surface area (Å²) in [7, 11) is 0. The van der Waals surface area contributed by atoms with Gasteiger partial charge in [-0.3, -0.25) is 0 Å². The van der Waals surface area contributed by atoms with Crippen molar-refractivity contribution in [1.29, 1.82) is 0 Å².